The van der Waals surface area contributed by atoms with Crippen LogP contribution in [0.1, 0.15) is 73.1 Å². The summed E-state index contributed by atoms with van der Waals surface area (Å²) in [5, 5.41) is 0. The molecule has 2 aliphatic carbocycles. The Bertz CT molecular complexity index is 427. The highest BCUT2D eigenvalue weighted by molar-refractivity contribution is 5.38. The number of hydrogen-bond acceptors (Lipinski definition) is 0. The largest absolute Gasteiger partial charge is 0.0844 e. The Hall–Kier alpha value is -0.780. The minimum Gasteiger partial charge on any atom is -0.0844 e. The van der Waals surface area contributed by atoms with E-state index in [1.165, 1.54) is 38.5 Å². The Morgan fingerprint density at radius 2 is 1.85 bits per heavy atom. The van der Waals surface area contributed by atoms with E-state index < -0.39 is 0 Å². The molecule has 0 saturated carbocycles. The van der Waals surface area contributed by atoms with Gasteiger partial charge in [0, 0.05) is 5.41 Å². The van der Waals surface area contributed by atoms with Crippen LogP contribution in [0.15, 0.2) is 35.5 Å². The lowest BCUT2D eigenvalue weighted by molar-refractivity contribution is 0.290. The maximum absolute atomic E-state index is 2.53. The van der Waals surface area contributed by atoms with Crippen LogP contribution >= 0.6 is 0 Å². The SMILES string of the molecule is CCC(C)(C1=CCC(C(C)(C)C)C=C1)C1=CCCCC1. The van der Waals surface area contributed by atoms with E-state index in [0.29, 0.717) is 11.3 Å². The second kappa shape index (κ2) is 5.92. The van der Waals surface area contributed by atoms with Crippen LogP contribution in [0.5, 0.6) is 0 Å². The first-order chi connectivity index (χ1) is 9.38. The first kappa shape index (κ1) is 15.6. The van der Waals surface area contributed by atoms with Gasteiger partial charge in [-0.05, 0) is 55.4 Å². The quantitative estimate of drug-likeness (QED) is 0.518. The summed E-state index contributed by atoms with van der Waals surface area (Å²) in [7, 11) is 0. The standard InChI is InChI=1S/C20H32/c1-6-20(5,17-10-8-7-9-11-17)18-14-12-16(13-15-18)19(2,3)4/h10,12,14-16H,6-9,11,13H2,1-5H3. The lowest BCUT2D eigenvalue weighted by Crippen LogP contribution is -2.25. The zero-order valence-electron chi connectivity index (χ0n) is 14.1. The molecule has 0 heteroatoms. The predicted octanol–water partition coefficient (Wildman–Crippen LogP) is 6.45. The fraction of sp³-hybridized carbons (Fsp3) is 0.700. The fourth-order valence-electron chi connectivity index (χ4n) is 3.63. The zero-order valence-corrected chi connectivity index (χ0v) is 14.1. The molecule has 2 atom stereocenters. The van der Waals surface area contributed by atoms with Crippen LogP contribution < -0.4 is 0 Å². The van der Waals surface area contributed by atoms with E-state index >= 15 is 0 Å². The van der Waals surface area contributed by atoms with Gasteiger partial charge in [-0.1, -0.05) is 64.5 Å². The van der Waals surface area contributed by atoms with Crippen LogP contribution in [0, 0.1) is 16.7 Å². The van der Waals surface area contributed by atoms with Crippen molar-refractivity contribution in [3.8, 4) is 0 Å². The van der Waals surface area contributed by atoms with E-state index in [4.69, 9.17) is 0 Å². The topological polar surface area (TPSA) is 0 Å². The van der Waals surface area contributed by atoms with Crippen LogP contribution in [0.3, 0.4) is 0 Å². The molecule has 0 radical (unpaired) electrons. The van der Waals surface area contributed by atoms with Gasteiger partial charge in [0.05, 0.1) is 0 Å². The molecule has 0 amide bonds. The molecule has 0 bridgehead atoms. The Kier molecular flexibility index (Phi) is 4.62. The van der Waals surface area contributed by atoms with Gasteiger partial charge in [-0.25, -0.2) is 0 Å². The molecule has 0 aromatic carbocycles. The molecule has 0 aromatic heterocycles. The summed E-state index contributed by atoms with van der Waals surface area (Å²) in [4.78, 5) is 0. The minimum atomic E-state index is 0.278. The molecular formula is C20H32. The van der Waals surface area contributed by atoms with Gasteiger partial charge in [-0.15, -0.1) is 0 Å². The summed E-state index contributed by atoms with van der Waals surface area (Å²) in [6.07, 6.45) is 17.7. The highest BCUT2D eigenvalue weighted by atomic mass is 14.4. The van der Waals surface area contributed by atoms with E-state index in [-0.39, 0.29) is 5.41 Å². The average molecular weight is 272 g/mol. The molecule has 0 heterocycles. The molecule has 112 valence electrons. The van der Waals surface area contributed by atoms with Crippen LogP contribution in [0.4, 0.5) is 0 Å². The maximum atomic E-state index is 2.53. The van der Waals surface area contributed by atoms with Gasteiger partial charge in [0.25, 0.3) is 0 Å². The summed E-state index contributed by atoms with van der Waals surface area (Å²) in [6.45, 7) is 11.9. The van der Waals surface area contributed by atoms with Crippen LogP contribution in [-0.2, 0) is 0 Å². The summed E-state index contributed by atoms with van der Waals surface area (Å²) in [5.41, 5.74) is 3.91. The first-order valence-electron chi connectivity index (χ1n) is 8.46. The lowest BCUT2D eigenvalue weighted by atomic mass is 9.67. The molecule has 0 saturated heterocycles. The predicted molar refractivity (Wildman–Crippen MR) is 89.7 cm³/mol. The van der Waals surface area contributed by atoms with E-state index in [9.17, 15) is 0 Å². The molecule has 2 aliphatic rings. The molecule has 0 nitrogen and oxygen atoms in total. The van der Waals surface area contributed by atoms with Crippen molar-refractivity contribution in [2.75, 3.05) is 0 Å². The van der Waals surface area contributed by atoms with Crippen molar-refractivity contribution in [2.45, 2.75) is 73.1 Å². The Balaban J connectivity index is 2.20. The molecule has 2 rings (SSSR count). The molecular weight excluding hydrogens is 240 g/mol. The third kappa shape index (κ3) is 3.10. The molecule has 0 spiro atoms. The molecule has 20 heavy (non-hydrogen) atoms. The Morgan fingerprint density at radius 1 is 1.10 bits per heavy atom. The van der Waals surface area contributed by atoms with Crippen LogP contribution in [-0.4, -0.2) is 0 Å². The molecule has 0 fully saturated rings. The average Bonchev–Trinajstić information content (AvgIpc) is 2.46. The van der Waals surface area contributed by atoms with Crippen molar-refractivity contribution in [3.63, 3.8) is 0 Å². The third-order valence-electron chi connectivity index (χ3n) is 5.56. The van der Waals surface area contributed by atoms with Gasteiger partial charge in [0.1, 0.15) is 0 Å². The van der Waals surface area contributed by atoms with Crippen LogP contribution in [0.25, 0.3) is 0 Å². The van der Waals surface area contributed by atoms with Crippen molar-refractivity contribution >= 4 is 0 Å². The van der Waals surface area contributed by atoms with E-state index in [1.807, 2.05) is 0 Å². The monoisotopic (exact) mass is 272 g/mol. The highest BCUT2D eigenvalue weighted by Gasteiger charge is 2.33. The van der Waals surface area contributed by atoms with E-state index in [2.05, 4.69) is 58.9 Å². The first-order valence-corrected chi connectivity index (χ1v) is 8.46. The molecule has 0 aromatic rings. The normalized spacial score (nSPS) is 26.8. The van der Waals surface area contributed by atoms with Crippen LogP contribution in [0.2, 0.25) is 0 Å². The third-order valence-corrected chi connectivity index (χ3v) is 5.56. The fourth-order valence-corrected chi connectivity index (χ4v) is 3.63. The second-order valence-electron chi connectivity index (χ2n) is 7.89. The number of hydrogen-bond donors (Lipinski definition) is 0. The second-order valence-corrected chi connectivity index (χ2v) is 7.89. The van der Waals surface area contributed by atoms with Gasteiger partial charge in [-0.3, -0.25) is 0 Å². The number of allylic oxidation sites excluding steroid dienone is 6. The minimum absolute atomic E-state index is 0.278. The van der Waals surface area contributed by atoms with E-state index in [1.54, 1.807) is 11.1 Å². The van der Waals surface area contributed by atoms with Gasteiger partial charge >= 0.3 is 0 Å². The van der Waals surface area contributed by atoms with Gasteiger partial charge in [-0.2, -0.15) is 0 Å². The lowest BCUT2D eigenvalue weighted by Gasteiger charge is -2.38. The number of rotatable bonds is 3. The highest BCUT2D eigenvalue weighted by Crippen LogP contribution is 2.46. The Labute approximate surface area is 126 Å². The summed E-state index contributed by atoms with van der Waals surface area (Å²) in [5.74, 6) is 0.688. The van der Waals surface area contributed by atoms with Crippen molar-refractivity contribution in [2.24, 2.45) is 16.7 Å². The van der Waals surface area contributed by atoms with Gasteiger partial charge in [0.2, 0.25) is 0 Å². The smallest absolute Gasteiger partial charge is 0.0127 e. The Morgan fingerprint density at radius 3 is 2.30 bits per heavy atom. The van der Waals surface area contributed by atoms with Gasteiger partial charge in [0.15, 0.2) is 0 Å². The summed E-state index contributed by atoms with van der Waals surface area (Å²) >= 11 is 0. The van der Waals surface area contributed by atoms with Crippen molar-refractivity contribution < 1.29 is 0 Å². The zero-order chi connectivity index (χ0) is 14.8. The van der Waals surface area contributed by atoms with Crippen molar-refractivity contribution in [1.29, 1.82) is 0 Å². The molecule has 2 unspecified atom stereocenters. The maximum Gasteiger partial charge on any atom is 0.0127 e. The van der Waals surface area contributed by atoms with Crippen molar-refractivity contribution in [1.82, 2.24) is 0 Å². The molecule has 0 N–H and O–H groups in total. The van der Waals surface area contributed by atoms with E-state index in [0.717, 1.165) is 0 Å². The molecule has 0 aliphatic heterocycles. The summed E-state index contributed by atoms with van der Waals surface area (Å²) in [6, 6.07) is 0. The van der Waals surface area contributed by atoms with Crippen molar-refractivity contribution in [3.05, 3.63) is 35.5 Å². The summed E-state index contributed by atoms with van der Waals surface area (Å²) < 4.78 is 0. The van der Waals surface area contributed by atoms with Gasteiger partial charge < -0.3 is 0 Å².